The largest absolute Gasteiger partial charge is 0.341 e. The van der Waals surface area contributed by atoms with Crippen LogP contribution < -0.4 is 10.6 Å². The molecular weight excluding hydrogens is 463 g/mol. The van der Waals surface area contributed by atoms with Crippen molar-refractivity contribution in [2.75, 3.05) is 0 Å². The Morgan fingerprint density at radius 2 is 1.41 bits per heavy atom. The van der Waals surface area contributed by atoms with Gasteiger partial charge in [0.2, 0.25) is 0 Å². The molecule has 4 fully saturated rings. The van der Waals surface area contributed by atoms with Gasteiger partial charge in [0.1, 0.15) is 17.2 Å². The number of halogens is 1. The number of nitrogens with one attached hydrogen (secondary N) is 4. The van der Waals surface area contributed by atoms with Crippen LogP contribution in [-0.2, 0) is 0 Å². The van der Waals surface area contributed by atoms with Crippen molar-refractivity contribution in [2.45, 2.75) is 49.9 Å². The van der Waals surface area contributed by atoms with Crippen molar-refractivity contribution in [2.24, 2.45) is 11.8 Å². The molecule has 37 heavy (non-hydrogen) atoms. The van der Waals surface area contributed by atoms with Crippen LogP contribution in [0.15, 0.2) is 42.5 Å². The van der Waals surface area contributed by atoms with Gasteiger partial charge in [-0.1, -0.05) is 24.0 Å². The summed E-state index contributed by atoms with van der Waals surface area (Å²) in [5.41, 5.74) is 4.69. The minimum atomic E-state index is -0.336. The summed E-state index contributed by atoms with van der Waals surface area (Å²) < 4.78 is 14.9. The third-order valence-electron chi connectivity index (χ3n) is 8.81. The summed E-state index contributed by atoms with van der Waals surface area (Å²) in [4.78, 5) is 16.4. The summed E-state index contributed by atoms with van der Waals surface area (Å²) in [7, 11) is 0. The third kappa shape index (κ3) is 3.26. The van der Waals surface area contributed by atoms with Crippen LogP contribution in [0.5, 0.6) is 0 Å². The van der Waals surface area contributed by atoms with E-state index in [0.29, 0.717) is 34.7 Å². The number of nitrogens with zero attached hydrogens (tertiary/aromatic N) is 2. The second-order valence-electron chi connectivity index (χ2n) is 11.4. The van der Waals surface area contributed by atoms with E-state index in [1.807, 2.05) is 12.1 Å². The van der Waals surface area contributed by atoms with Crippen LogP contribution >= 0.6 is 0 Å². The molecule has 0 amide bonds. The topological polar surface area (TPSA) is 81.4 Å². The first kappa shape index (κ1) is 20.3. The van der Waals surface area contributed by atoms with Crippen molar-refractivity contribution in [1.82, 2.24) is 30.6 Å². The number of aromatic amines is 2. The fraction of sp³-hybridized carbons (Fsp3) is 0.333. The van der Waals surface area contributed by atoms with Gasteiger partial charge < -0.3 is 20.6 Å². The first-order chi connectivity index (χ1) is 18.1. The Kier molecular flexibility index (Phi) is 3.95. The molecule has 2 saturated heterocycles. The molecule has 6 atom stereocenters. The standard InChI is InChI=1S/C30H25FN6/c31-20-8-15(9-24-28(20)37-30(35-24)26-13-18-11-23(18)33-26)2-1-14-3-5-19-16(7-14)4-6-21-27(19)36-29(34-21)25-12-17-10-22(17)32-25/h3-9,17-18,22-23,25-26,32-33H,10-13H2,(H,34,36)(H,35,37). The monoisotopic (exact) mass is 488 g/mol. The maximum atomic E-state index is 14.9. The number of piperidine rings is 2. The van der Waals surface area contributed by atoms with Gasteiger partial charge in [0, 0.05) is 28.6 Å². The zero-order valence-electron chi connectivity index (χ0n) is 20.1. The number of hydrogen-bond donors (Lipinski definition) is 4. The lowest BCUT2D eigenvalue weighted by Crippen LogP contribution is -2.18. The first-order valence-electron chi connectivity index (χ1n) is 13.3. The van der Waals surface area contributed by atoms with E-state index in [4.69, 9.17) is 4.98 Å². The average molecular weight is 489 g/mol. The van der Waals surface area contributed by atoms with Gasteiger partial charge in [-0.05, 0) is 73.2 Å². The molecule has 0 spiro atoms. The molecule has 2 aromatic heterocycles. The Hall–Kier alpha value is -3.73. The summed E-state index contributed by atoms with van der Waals surface area (Å²) in [6, 6.07) is 15.6. The Labute approximate surface area is 212 Å². The molecule has 6 unspecified atom stereocenters. The lowest BCUT2D eigenvalue weighted by Gasteiger charge is -2.08. The molecule has 0 radical (unpaired) electrons. The van der Waals surface area contributed by atoms with Crippen LogP contribution in [0.4, 0.5) is 4.39 Å². The average Bonchev–Trinajstić information content (AvgIpc) is 3.50. The molecule has 7 heteroatoms. The summed E-state index contributed by atoms with van der Waals surface area (Å²) in [6.45, 7) is 0. The van der Waals surface area contributed by atoms with Gasteiger partial charge in [-0.3, -0.25) is 0 Å². The quantitative estimate of drug-likeness (QED) is 0.264. The van der Waals surface area contributed by atoms with E-state index in [-0.39, 0.29) is 11.9 Å². The van der Waals surface area contributed by atoms with Crippen molar-refractivity contribution in [3.05, 3.63) is 71.1 Å². The molecule has 6 nitrogen and oxygen atoms in total. The van der Waals surface area contributed by atoms with Gasteiger partial charge in [0.25, 0.3) is 0 Å². The van der Waals surface area contributed by atoms with E-state index >= 15 is 0 Å². The summed E-state index contributed by atoms with van der Waals surface area (Å²) in [5.74, 6) is 9.50. The lowest BCUT2D eigenvalue weighted by atomic mass is 10.1. The first-order valence-corrected chi connectivity index (χ1v) is 13.3. The second-order valence-corrected chi connectivity index (χ2v) is 11.4. The summed E-state index contributed by atoms with van der Waals surface area (Å²) in [6.07, 6.45) is 4.81. The second kappa shape index (κ2) is 7.18. The molecule has 5 aromatic rings. The number of fused-ring (bicyclic) bond motifs is 6. The highest BCUT2D eigenvalue weighted by atomic mass is 19.1. The number of benzene rings is 3. The third-order valence-corrected chi connectivity index (χ3v) is 8.81. The normalized spacial score (nSPS) is 29.4. The minimum absolute atomic E-state index is 0.194. The molecule has 4 heterocycles. The molecule has 2 aliphatic carbocycles. The highest BCUT2D eigenvalue weighted by molar-refractivity contribution is 6.04. The van der Waals surface area contributed by atoms with Gasteiger partial charge in [-0.15, -0.1) is 0 Å². The predicted molar refractivity (Wildman–Crippen MR) is 140 cm³/mol. The van der Waals surface area contributed by atoms with Gasteiger partial charge >= 0.3 is 0 Å². The molecule has 0 bridgehead atoms. The Bertz CT molecular complexity index is 1800. The SMILES string of the molecule is Fc1cc(C#Cc2ccc3c(ccc4[nH]c(C5CC6CC6N5)nc43)c2)cc2[nH]c(C3CC4CC4N3)nc12. The molecule has 9 rings (SSSR count). The zero-order chi connectivity index (χ0) is 24.2. The van der Waals surface area contributed by atoms with Gasteiger partial charge in [-0.25, -0.2) is 14.4 Å². The predicted octanol–water partition coefficient (Wildman–Crippen LogP) is 4.98. The number of hydrogen-bond acceptors (Lipinski definition) is 4. The van der Waals surface area contributed by atoms with Crippen LogP contribution in [0.1, 0.15) is 60.5 Å². The Morgan fingerprint density at radius 1 is 0.703 bits per heavy atom. The number of aromatic nitrogens is 4. The molecule has 182 valence electrons. The van der Waals surface area contributed by atoms with Crippen molar-refractivity contribution in [1.29, 1.82) is 0 Å². The van der Waals surface area contributed by atoms with E-state index in [1.165, 1.54) is 25.3 Å². The van der Waals surface area contributed by atoms with E-state index in [9.17, 15) is 4.39 Å². The highest BCUT2D eigenvalue weighted by Gasteiger charge is 2.47. The van der Waals surface area contributed by atoms with Crippen LogP contribution in [0.25, 0.3) is 32.8 Å². The van der Waals surface area contributed by atoms with Crippen molar-refractivity contribution < 1.29 is 4.39 Å². The maximum absolute atomic E-state index is 14.9. The van der Waals surface area contributed by atoms with Crippen LogP contribution in [-0.4, -0.2) is 32.0 Å². The van der Waals surface area contributed by atoms with E-state index < -0.39 is 0 Å². The molecular formula is C30H25FN6. The van der Waals surface area contributed by atoms with Crippen LogP contribution in [0.2, 0.25) is 0 Å². The van der Waals surface area contributed by atoms with Crippen molar-refractivity contribution in [3.8, 4) is 11.8 Å². The summed E-state index contributed by atoms with van der Waals surface area (Å²) in [5, 5.41) is 9.47. The van der Waals surface area contributed by atoms with Crippen molar-refractivity contribution in [3.63, 3.8) is 0 Å². The molecule has 3 aromatic carbocycles. The fourth-order valence-corrected chi connectivity index (χ4v) is 6.60. The Morgan fingerprint density at radius 3 is 2.14 bits per heavy atom. The van der Waals surface area contributed by atoms with Gasteiger partial charge in [-0.2, -0.15) is 0 Å². The highest BCUT2D eigenvalue weighted by Crippen LogP contribution is 2.46. The molecule has 2 saturated carbocycles. The maximum Gasteiger partial charge on any atom is 0.152 e. The molecule has 2 aliphatic heterocycles. The number of imidazole rings is 2. The Balaban J connectivity index is 1.02. The molecule has 4 aliphatic rings. The lowest BCUT2D eigenvalue weighted by molar-refractivity contribution is 0.543. The number of rotatable bonds is 2. The van der Waals surface area contributed by atoms with E-state index in [1.54, 1.807) is 0 Å². The van der Waals surface area contributed by atoms with E-state index in [0.717, 1.165) is 57.3 Å². The van der Waals surface area contributed by atoms with Crippen LogP contribution in [0, 0.1) is 29.5 Å². The molecule has 4 N–H and O–H groups in total. The van der Waals surface area contributed by atoms with Crippen LogP contribution in [0.3, 0.4) is 0 Å². The van der Waals surface area contributed by atoms with Crippen molar-refractivity contribution >= 4 is 32.8 Å². The van der Waals surface area contributed by atoms with Gasteiger partial charge in [0.15, 0.2) is 5.82 Å². The zero-order valence-corrected chi connectivity index (χ0v) is 20.1. The minimum Gasteiger partial charge on any atom is -0.341 e. The number of H-pyrrole nitrogens is 2. The van der Waals surface area contributed by atoms with E-state index in [2.05, 4.69) is 61.7 Å². The summed E-state index contributed by atoms with van der Waals surface area (Å²) >= 11 is 0. The van der Waals surface area contributed by atoms with Gasteiger partial charge in [0.05, 0.1) is 28.6 Å². The smallest absolute Gasteiger partial charge is 0.152 e. The fourth-order valence-electron chi connectivity index (χ4n) is 6.60.